The Kier molecular flexibility index (Phi) is 2.64. The maximum atomic E-state index is 12.7. The highest BCUT2D eigenvalue weighted by atomic mass is 19.3. The largest absolute Gasteiger partial charge is 0.477 e. The average Bonchev–Trinajstić information content (AvgIpc) is 2.08. The topological polar surface area (TPSA) is 59.3 Å². The van der Waals surface area contributed by atoms with Gasteiger partial charge in [-0.1, -0.05) is 6.07 Å². The lowest BCUT2D eigenvalue weighted by Crippen LogP contribution is -2.36. The fourth-order valence-electron chi connectivity index (χ4n) is 0.873. The second-order valence-corrected chi connectivity index (χ2v) is 2.68. The van der Waals surface area contributed by atoms with E-state index in [1.807, 2.05) is 0 Å². The molecule has 0 saturated carbocycles. The number of aromatic nitrogens is 1. The summed E-state index contributed by atoms with van der Waals surface area (Å²) in [5, 5.41) is 8.13. The Balaban J connectivity index is 2.95. The zero-order valence-corrected chi connectivity index (χ0v) is 6.98. The van der Waals surface area contributed by atoms with Crippen molar-refractivity contribution in [3.63, 3.8) is 0 Å². The first-order valence-electron chi connectivity index (χ1n) is 3.70. The number of carboxylic acid groups (broad SMARTS) is 1. The fourth-order valence-corrected chi connectivity index (χ4v) is 0.873. The minimum atomic E-state index is -3.93. The number of aliphatic carboxylic acids is 1. The maximum Gasteiger partial charge on any atom is 0.376 e. The summed E-state index contributed by atoms with van der Waals surface area (Å²) >= 11 is 0. The Morgan fingerprint density at radius 2 is 2.14 bits per heavy atom. The van der Waals surface area contributed by atoms with E-state index in [9.17, 15) is 18.4 Å². The third-order valence-corrected chi connectivity index (χ3v) is 1.58. The van der Waals surface area contributed by atoms with E-state index in [2.05, 4.69) is 0 Å². The number of carbonyl (C=O) groups is 1. The lowest BCUT2D eigenvalue weighted by molar-refractivity contribution is -0.166. The number of nitrogens with zero attached hydrogens (tertiary/aromatic N) is 1. The van der Waals surface area contributed by atoms with E-state index < -0.39 is 24.0 Å². The smallest absolute Gasteiger partial charge is 0.376 e. The molecule has 0 spiro atoms. The standard InChI is InChI=1S/C8H7F2NO3/c9-8(10,7(13)14)5-11-4-2-1-3-6(11)12/h1-4H,5H2,(H,13,14). The molecule has 76 valence electrons. The highest BCUT2D eigenvalue weighted by Gasteiger charge is 2.39. The molecule has 1 aromatic heterocycles. The maximum absolute atomic E-state index is 12.7. The quantitative estimate of drug-likeness (QED) is 0.781. The van der Waals surface area contributed by atoms with E-state index in [-0.39, 0.29) is 0 Å². The van der Waals surface area contributed by atoms with Crippen molar-refractivity contribution >= 4 is 5.97 Å². The predicted octanol–water partition coefficient (Wildman–Crippen LogP) is 0.568. The minimum Gasteiger partial charge on any atom is -0.477 e. The van der Waals surface area contributed by atoms with Crippen molar-refractivity contribution < 1.29 is 18.7 Å². The molecule has 0 aliphatic rings. The normalized spacial score (nSPS) is 11.3. The summed E-state index contributed by atoms with van der Waals surface area (Å²) in [6, 6.07) is 3.84. The molecule has 0 bridgehead atoms. The molecule has 0 fully saturated rings. The summed E-state index contributed by atoms with van der Waals surface area (Å²) in [4.78, 5) is 21.0. The van der Waals surface area contributed by atoms with Gasteiger partial charge in [0, 0.05) is 12.3 Å². The van der Waals surface area contributed by atoms with Crippen LogP contribution in [-0.4, -0.2) is 21.6 Å². The van der Waals surface area contributed by atoms with Gasteiger partial charge in [-0.25, -0.2) is 4.79 Å². The molecule has 0 aliphatic carbocycles. The molecule has 4 nitrogen and oxygen atoms in total. The van der Waals surface area contributed by atoms with E-state index >= 15 is 0 Å². The van der Waals surface area contributed by atoms with Crippen molar-refractivity contribution in [3.8, 4) is 0 Å². The summed E-state index contributed by atoms with van der Waals surface area (Å²) in [6.45, 7) is -1.15. The van der Waals surface area contributed by atoms with Crippen LogP contribution in [0.5, 0.6) is 0 Å². The highest BCUT2D eigenvalue weighted by Crippen LogP contribution is 2.15. The number of hydrogen-bond acceptors (Lipinski definition) is 2. The zero-order valence-electron chi connectivity index (χ0n) is 6.98. The van der Waals surface area contributed by atoms with E-state index in [0.717, 1.165) is 12.3 Å². The van der Waals surface area contributed by atoms with Gasteiger partial charge in [-0.15, -0.1) is 0 Å². The molecule has 0 amide bonds. The van der Waals surface area contributed by atoms with Gasteiger partial charge in [0.15, 0.2) is 0 Å². The Labute approximate surface area is 77.4 Å². The molecule has 14 heavy (non-hydrogen) atoms. The molecule has 6 heteroatoms. The van der Waals surface area contributed by atoms with Crippen LogP contribution in [0.2, 0.25) is 0 Å². The SMILES string of the molecule is O=C(O)C(F)(F)Cn1ccccc1=O. The number of halogens is 2. The molecule has 1 rings (SSSR count). The second-order valence-electron chi connectivity index (χ2n) is 2.68. The van der Waals surface area contributed by atoms with E-state index in [4.69, 9.17) is 5.11 Å². The number of alkyl halides is 2. The van der Waals surface area contributed by atoms with Crippen LogP contribution >= 0.6 is 0 Å². The Bertz CT molecular complexity index is 400. The Hall–Kier alpha value is -1.72. The molecule has 1 aromatic rings. The van der Waals surface area contributed by atoms with E-state index in [1.54, 1.807) is 0 Å². The fraction of sp³-hybridized carbons (Fsp3) is 0.250. The van der Waals surface area contributed by atoms with Gasteiger partial charge in [0.1, 0.15) is 6.54 Å². The molecule has 0 radical (unpaired) electrons. The number of hydrogen-bond donors (Lipinski definition) is 1. The van der Waals surface area contributed by atoms with Crippen LogP contribution in [0.15, 0.2) is 29.2 Å². The lowest BCUT2D eigenvalue weighted by atomic mass is 10.3. The van der Waals surface area contributed by atoms with Gasteiger partial charge in [0.2, 0.25) is 0 Å². The van der Waals surface area contributed by atoms with Crippen LogP contribution in [0.25, 0.3) is 0 Å². The van der Waals surface area contributed by atoms with Crippen molar-refractivity contribution in [2.45, 2.75) is 12.5 Å². The zero-order chi connectivity index (χ0) is 10.8. The molecule has 0 unspecified atom stereocenters. The minimum absolute atomic E-state index is 0.647. The van der Waals surface area contributed by atoms with E-state index in [0.29, 0.717) is 4.57 Å². The molecule has 0 aromatic carbocycles. The lowest BCUT2D eigenvalue weighted by Gasteiger charge is -2.12. The van der Waals surface area contributed by atoms with Gasteiger partial charge < -0.3 is 9.67 Å². The van der Waals surface area contributed by atoms with Crippen molar-refractivity contribution in [2.75, 3.05) is 0 Å². The highest BCUT2D eigenvalue weighted by molar-refractivity contribution is 5.75. The van der Waals surface area contributed by atoms with Crippen molar-refractivity contribution in [3.05, 3.63) is 34.7 Å². The molecule has 1 heterocycles. The van der Waals surface area contributed by atoms with Crippen LogP contribution in [-0.2, 0) is 11.3 Å². The number of rotatable bonds is 3. The molecule has 0 saturated heterocycles. The van der Waals surface area contributed by atoms with Gasteiger partial charge in [-0.3, -0.25) is 4.79 Å². The monoisotopic (exact) mass is 203 g/mol. The van der Waals surface area contributed by atoms with Gasteiger partial charge in [0.25, 0.3) is 5.56 Å². The first-order chi connectivity index (χ1) is 6.43. The van der Waals surface area contributed by atoms with Crippen molar-refractivity contribution in [2.24, 2.45) is 0 Å². The van der Waals surface area contributed by atoms with Crippen LogP contribution < -0.4 is 5.56 Å². The third kappa shape index (κ3) is 2.15. The third-order valence-electron chi connectivity index (χ3n) is 1.58. The van der Waals surface area contributed by atoms with Gasteiger partial charge in [0.05, 0.1) is 0 Å². The van der Waals surface area contributed by atoms with Crippen LogP contribution in [0.4, 0.5) is 8.78 Å². The summed E-state index contributed by atoms with van der Waals surface area (Å²) in [6.07, 6.45) is 1.11. The number of carboxylic acids is 1. The average molecular weight is 203 g/mol. The molecule has 0 atom stereocenters. The first-order valence-corrected chi connectivity index (χ1v) is 3.70. The van der Waals surface area contributed by atoms with Gasteiger partial charge in [-0.2, -0.15) is 8.78 Å². The summed E-state index contributed by atoms with van der Waals surface area (Å²) in [5.41, 5.74) is -0.659. The van der Waals surface area contributed by atoms with Crippen LogP contribution in [0, 0.1) is 0 Å². The Morgan fingerprint density at radius 3 is 2.64 bits per heavy atom. The van der Waals surface area contributed by atoms with Crippen molar-refractivity contribution in [1.82, 2.24) is 4.57 Å². The second kappa shape index (κ2) is 3.57. The molecule has 0 aliphatic heterocycles. The van der Waals surface area contributed by atoms with Crippen LogP contribution in [0.3, 0.4) is 0 Å². The molecular weight excluding hydrogens is 196 g/mol. The Morgan fingerprint density at radius 1 is 1.50 bits per heavy atom. The van der Waals surface area contributed by atoms with Gasteiger partial charge in [-0.05, 0) is 6.07 Å². The summed E-state index contributed by atoms with van der Waals surface area (Å²) in [7, 11) is 0. The van der Waals surface area contributed by atoms with Gasteiger partial charge >= 0.3 is 11.9 Å². The van der Waals surface area contributed by atoms with E-state index in [1.165, 1.54) is 12.1 Å². The van der Waals surface area contributed by atoms with Crippen molar-refractivity contribution in [1.29, 1.82) is 0 Å². The van der Waals surface area contributed by atoms with Crippen LogP contribution in [0.1, 0.15) is 0 Å². The summed E-state index contributed by atoms with van der Waals surface area (Å²) < 4.78 is 26.0. The summed E-state index contributed by atoms with van der Waals surface area (Å²) in [5.74, 6) is -6.17. The number of pyridine rings is 1. The predicted molar refractivity (Wildman–Crippen MR) is 43.3 cm³/mol. The first kappa shape index (κ1) is 10.4. The molecule has 1 N–H and O–H groups in total. The molecular formula is C8H7F2NO3.